The molecule has 0 radical (unpaired) electrons. The minimum Gasteiger partial charge on any atom is -0.486 e. The normalized spacial score (nSPS) is 12.7. The molecule has 0 spiro atoms. The minimum absolute atomic E-state index is 0.0329. The van der Waals surface area contributed by atoms with Crippen LogP contribution in [0.15, 0.2) is 40.9 Å². The first-order chi connectivity index (χ1) is 13.5. The number of rotatable bonds is 4. The van der Waals surface area contributed by atoms with Gasteiger partial charge in [0.1, 0.15) is 36.0 Å². The van der Waals surface area contributed by atoms with E-state index < -0.39 is 11.7 Å². The Morgan fingerprint density at radius 3 is 2.79 bits per heavy atom. The van der Waals surface area contributed by atoms with Crippen molar-refractivity contribution in [2.24, 2.45) is 0 Å². The fraction of sp³-hybridized carbons (Fsp3) is 0.200. The Bertz CT molecular complexity index is 1030. The van der Waals surface area contributed by atoms with Gasteiger partial charge in [-0.3, -0.25) is 4.79 Å². The molecule has 1 aromatic heterocycles. The van der Waals surface area contributed by atoms with Crippen LogP contribution in [-0.4, -0.2) is 24.3 Å². The molecule has 6 nitrogen and oxygen atoms in total. The van der Waals surface area contributed by atoms with Crippen LogP contribution in [0.2, 0.25) is 5.02 Å². The predicted octanol–water partition coefficient (Wildman–Crippen LogP) is 4.14. The number of aryl methyl sites for hydroxylation is 1. The zero-order valence-electron chi connectivity index (χ0n) is 14.9. The highest BCUT2D eigenvalue weighted by Crippen LogP contribution is 2.34. The largest absolute Gasteiger partial charge is 0.486 e. The Morgan fingerprint density at radius 1 is 1.21 bits per heavy atom. The Labute approximate surface area is 165 Å². The van der Waals surface area contributed by atoms with Crippen LogP contribution >= 0.6 is 11.6 Å². The third kappa shape index (κ3) is 3.41. The van der Waals surface area contributed by atoms with Crippen molar-refractivity contribution in [1.82, 2.24) is 10.5 Å². The summed E-state index contributed by atoms with van der Waals surface area (Å²) in [5.41, 5.74) is 1.08. The molecular formula is C20H16ClFN2O4. The summed E-state index contributed by atoms with van der Waals surface area (Å²) in [4.78, 5) is 12.8. The molecule has 0 fully saturated rings. The van der Waals surface area contributed by atoms with Gasteiger partial charge < -0.3 is 19.3 Å². The number of fused-ring (bicyclic) bond motifs is 1. The maximum atomic E-state index is 14.3. The average molecular weight is 403 g/mol. The molecule has 1 aliphatic rings. The van der Waals surface area contributed by atoms with Crippen molar-refractivity contribution in [3.63, 3.8) is 0 Å². The van der Waals surface area contributed by atoms with E-state index in [9.17, 15) is 9.18 Å². The number of ether oxygens (including phenoxy) is 2. The monoisotopic (exact) mass is 402 g/mol. The molecule has 0 unspecified atom stereocenters. The molecular weight excluding hydrogens is 387 g/mol. The molecule has 0 saturated carbocycles. The molecule has 0 bridgehead atoms. The average Bonchev–Trinajstić information content (AvgIpc) is 3.07. The van der Waals surface area contributed by atoms with Crippen molar-refractivity contribution in [2.45, 2.75) is 13.5 Å². The zero-order valence-corrected chi connectivity index (χ0v) is 15.7. The minimum atomic E-state index is -0.582. The molecule has 1 N–H and O–H groups in total. The molecule has 8 heteroatoms. The van der Waals surface area contributed by atoms with Crippen molar-refractivity contribution in [3.8, 4) is 22.8 Å². The van der Waals surface area contributed by atoms with Crippen molar-refractivity contribution in [2.75, 3.05) is 13.2 Å². The van der Waals surface area contributed by atoms with Crippen molar-refractivity contribution < 1.29 is 23.2 Å². The number of halogens is 2. The van der Waals surface area contributed by atoms with Crippen LogP contribution in [0.25, 0.3) is 11.3 Å². The molecule has 28 heavy (non-hydrogen) atoms. The Morgan fingerprint density at radius 2 is 2.00 bits per heavy atom. The summed E-state index contributed by atoms with van der Waals surface area (Å²) in [5, 5.41) is 6.79. The number of hydrogen-bond acceptors (Lipinski definition) is 5. The number of carbonyl (C=O) groups excluding carboxylic acids is 1. The van der Waals surface area contributed by atoms with E-state index in [1.807, 2.05) is 12.1 Å². The number of hydrogen-bond donors (Lipinski definition) is 1. The Kier molecular flexibility index (Phi) is 4.92. The van der Waals surface area contributed by atoms with Gasteiger partial charge in [-0.15, -0.1) is 0 Å². The number of nitrogens with one attached hydrogen (secondary N) is 1. The van der Waals surface area contributed by atoms with E-state index in [-0.39, 0.29) is 34.1 Å². The second-order valence-electron chi connectivity index (χ2n) is 6.22. The molecule has 2 aromatic carbocycles. The second-order valence-corrected chi connectivity index (χ2v) is 6.63. The number of aromatic nitrogens is 1. The van der Waals surface area contributed by atoms with Crippen molar-refractivity contribution in [3.05, 3.63) is 64.1 Å². The van der Waals surface area contributed by atoms with Crippen LogP contribution in [0.1, 0.15) is 21.7 Å². The topological polar surface area (TPSA) is 73.6 Å². The van der Waals surface area contributed by atoms with Crippen LogP contribution in [-0.2, 0) is 6.54 Å². The van der Waals surface area contributed by atoms with Gasteiger partial charge in [0.2, 0.25) is 0 Å². The summed E-state index contributed by atoms with van der Waals surface area (Å²) in [6.45, 7) is 2.82. The van der Waals surface area contributed by atoms with Crippen LogP contribution in [0.3, 0.4) is 0 Å². The van der Waals surface area contributed by atoms with Crippen LogP contribution in [0.5, 0.6) is 11.5 Å². The van der Waals surface area contributed by atoms with E-state index in [2.05, 4.69) is 10.5 Å². The third-order valence-corrected chi connectivity index (χ3v) is 4.66. The summed E-state index contributed by atoms with van der Waals surface area (Å²) >= 11 is 6.11. The maximum Gasteiger partial charge on any atom is 0.257 e. The SMILES string of the molecule is Cc1onc(-c2c(F)cccc2Cl)c1C(=O)NCc1ccc2c(c1)OCCO2. The highest BCUT2D eigenvalue weighted by Gasteiger charge is 2.25. The van der Waals surface area contributed by atoms with Crippen LogP contribution in [0.4, 0.5) is 4.39 Å². The smallest absolute Gasteiger partial charge is 0.257 e. The second kappa shape index (κ2) is 7.52. The standard InChI is InChI=1S/C20H16ClFN2O4/c1-11-17(19(24-28-11)18-13(21)3-2-4-14(18)22)20(25)23-10-12-5-6-15-16(9-12)27-8-7-26-15/h2-6,9H,7-8,10H2,1H3,(H,23,25). The first-order valence-electron chi connectivity index (χ1n) is 8.62. The molecule has 2 heterocycles. The van der Waals surface area contributed by atoms with Gasteiger partial charge in [-0.05, 0) is 36.8 Å². The van der Waals surface area contributed by atoms with E-state index in [1.165, 1.54) is 18.2 Å². The van der Waals surface area contributed by atoms with E-state index in [1.54, 1.807) is 13.0 Å². The lowest BCUT2D eigenvalue weighted by molar-refractivity contribution is 0.0950. The molecule has 0 atom stereocenters. The third-order valence-electron chi connectivity index (χ3n) is 4.35. The molecule has 3 aromatic rings. The van der Waals surface area contributed by atoms with E-state index in [0.29, 0.717) is 24.7 Å². The fourth-order valence-electron chi connectivity index (χ4n) is 3.00. The molecule has 4 rings (SSSR count). The Balaban J connectivity index is 1.57. The first-order valence-corrected chi connectivity index (χ1v) is 9.00. The van der Waals surface area contributed by atoms with Gasteiger partial charge in [0.05, 0.1) is 10.6 Å². The summed E-state index contributed by atoms with van der Waals surface area (Å²) in [6, 6.07) is 9.71. The van der Waals surface area contributed by atoms with Crippen LogP contribution in [0, 0.1) is 12.7 Å². The molecule has 1 amide bonds. The Hall–Kier alpha value is -3.06. The lowest BCUT2D eigenvalue weighted by Crippen LogP contribution is -2.24. The summed E-state index contributed by atoms with van der Waals surface area (Å²) in [5.74, 6) is 0.560. The predicted molar refractivity (Wildman–Crippen MR) is 100 cm³/mol. The van der Waals surface area contributed by atoms with Gasteiger partial charge in [0.15, 0.2) is 11.5 Å². The van der Waals surface area contributed by atoms with Gasteiger partial charge in [0.25, 0.3) is 5.91 Å². The number of carbonyl (C=O) groups is 1. The quantitative estimate of drug-likeness (QED) is 0.709. The van der Waals surface area contributed by atoms with E-state index >= 15 is 0 Å². The fourth-order valence-corrected chi connectivity index (χ4v) is 3.26. The summed E-state index contributed by atoms with van der Waals surface area (Å²) in [7, 11) is 0. The summed E-state index contributed by atoms with van der Waals surface area (Å²) < 4.78 is 30.4. The number of benzene rings is 2. The van der Waals surface area contributed by atoms with E-state index in [4.69, 9.17) is 25.6 Å². The number of nitrogens with zero attached hydrogens (tertiary/aromatic N) is 1. The highest BCUT2D eigenvalue weighted by atomic mass is 35.5. The van der Waals surface area contributed by atoms with E-state index in [0.717, 1.165) is 5.56 Å². The highest BCUT2D eigenvalue weighted by molar-refractivity contribution is 6.33. The molecule has 144 valence electrons. The van der Waals surface area contributed by atoms with Gasteiger partial charge in [0, 0.05) is 6.54 Å². The molecule has 0 aliphatic carbocycles. The maximum absolute atomic E-state index is 14.3. The molecule has 1 aliphatic heterocycles. The van der Waals surface area contributed by atoms with Crippen molar-refractivity contribution in [1.29, 1.82) is 0 Å². The van der Waals surface area contributed by atoms with Gasteiger partial charge >= 0.3 is 0 Å². The van der Waals surface area contributed by atoms with Gasteiger partial charge in [-0.2, -0.15) is 0 Å². The first kappa shape index (κ1) is 18.3. The zero-order chi connectivity index (χ0) is 19.7. The summed E-state index contributed by atoms with van der Waals surface area (Å²) in [6.07, 6.45) is 0. The van der Waals surface area contributed by atoms with Crippen molar-refractivity contribution >= 4 is 17.5 Å². The van der Waals surface area contributed by atoms with Gasteiger partial charge in [-0.1, -0.05) is 28.9 Å². The lowest BCUT2D eigenvalue weighted by atomic mass is 10.0. The molecule has 0 saturated heterocycles. The van der Waals surface area contributed by atoms with Crippen LogP contribution < -0.4 is 14.8 Å². The van der Waals surface area contributed by atoms with Gasteiger partial charge in [-0.25, -0.2) is 4.39 Å². The lowest BCUT2D eigenvalue weighted by Gasteiger charge is -2.19. The number of amides is 1.